The third-order valence-corrected chi connectivity index (χ3v) is 8.34. The van der Waals surface area contributed by atoms with Crippen LogP contribution < -0.4 is 20.9 Å². The number of amides is 1. The summed E-state index contributed by atoms with van der Waals surface area (Å²) in [5.41, 5.74) is 4.97. The highest BCUT2D eigenvalue weighted by atomic mass is 35.5. The number of nitrogens with one attached hydrogen (secondary N) is 3. The van der Waals surface area contributed by atoms with Crippen molar-refractivity contribution in [1.82, 2.24) is 19.7 Å². The maximum absolute atomic E-state index is 12.2. The van der Waals surface area contributed by atoms with E-state index in [1.165, 1.54) is 6.20 Å². The number of rotatable bonds is 7. The van der Waals surface area contributed by atoms with E-state index in [1.54, 1.807) is 10.9 Å². The van der Waals surface area contributed by atoms with Gasteiger partial charge in [0, 0.05) is 61.8 Å². The SMILES string of the molecule is CC1(C)CCC(=O)Nc2ccc(Nc3ncc(Cl)c(Nc4ccc(N5CCC(OC(=O)O)CC5)cc4-n4cccn4)n3)cc21. The van der Waals surface area contributed by atoms with E-state index in [0.717, 1.165) is 40.4 Å². The van der Waals surface area contributed by atoms with Crippen LogP contribution in [-0.2, 0) is 14.9 Å². The van der Waals surface area contributed by atoms with Gasteiger partial charge in [0.25, 0.3) is 0 Å². The Balaban J connectivity index is 1.24. The molecule has 0 unspecified atom stereocenters. The summed E-state index contributed by atoms with van der Waals surface area (Å²) in [6.07, 6.45) is 6.02. The molecule has 228 valence electrons. The van der Waals surface area contributed by atoms with Crippen LogP contribution in [0.4, 0.5) is 39.3 Å². The van der Waals surface area contributed by atoms with Gasteiger partial charge in [0.1, 0.15) is 11.1 Å². The number of benzene rings is 2. The number of carbonyl (C=O) groups excluding carboxylic acids is 1. The van der Waals surface area contributed by atoms with E-state index in [4.69, 9.17) is 21.4 Å². The molecule has 0 spiro atoms. The standard InChI is InChI=1S/C31H33ClN8O4/c1-31(2)11-8-27(41)36-24-6-4-19(16-22(24)31)35-29-33-18-23(32)28(38-29)37-25-7-5-20(17-26(25)40-13-3-12-34-40)39-14-9-21(10-15-39)44-30(42)43/h3-7,12-13,16-18,21H,8-11,14-15H2,1-2H3,(H,36,41)(H,42,43)(H2,33,35,37,38). The molecule has 0 aliphatic carbocycles. The van der Waals surface area contributed by atoms with Crippen molar-refractivity contribution < 1.29 is 19.4 Å². The Morgan fingerprint density at radius 3 is 2.73 bits per heavy atom. The molecule has 12 nitrogen and oxygen atoms in total. The van der Waals surface area contributed by atoms with E-state index in [1.807, 2.05) is 48.7 Å². The summed E-state index contributed by atoms with van der Waals surface area (Å²) < 4.78 is 6.73. The van der Waals surface area contributed by atoms with Crippen LogP contribution in [-0.4, -0.2) is 56.1 Å². The number of nitrogens with zero attached hydrogens (tertiary/aromatic N) is 5. The van der Waals surface area contributed by atoms with Gasteiger partial charge in [-0.25, -0.2) is 14.5 Å². The quantitative estimate of drug-likeness (QED) is 0.170. The number of halogens is 1. The van der Waals surface area contributed by atoms with Crippen LogP contribution in [0.2, 0.25) is 5.02 Å². The summed E-state index contributed by atoms with van der Waals surface area (Å²) in [5, 5.41) is 23.4. The van der Waals surface area contributed by atoms with Gasteiger partial charge in [-0.15, -0.1) is 0 Å². The van der Waals surface area contributed by atoms with Crippen molar-refractivity contribution in [2.24, 2.45) is 0 Å². The largest absolute Gasteiger partial charge is 0.506 e. The highest BCUT2D eigenvalue weighted by molar-refractivity contribution is 6.33. The second-order valence-electron chi connectivity index (χ2n) is 11.6. The molecule has 2 aliphatic rings. The number of carbonyl (C=O) groups is 2. The fraction of sp³-hybridized carbons (Fsp3) is 0.323. The lowest BCUT2D eigenvalue weighted by molar-refractivity contribution is -0.116. The smallest absolute Gasteiger partial charge is 0.450 e. The second-order valence-corrected chi connectivity index (χ2v) is 12.0. The van der Waals surface area contributed by atoms with Crippen molar-refractivity contribution in [1.29, 1.82) is 0 Å². The third-order valence-electron chi connectivity index (χ3n) is 8.06. The number of fused-ring (bicyclic) bond motifs is 1. The fourth-order valence-corrected chi connectivity index (χ4v) is 5.77. The summed E-state index contributed by atoms with van der Waals surface area (Å²) >= 11 is 6.55. The Kier molecular flexibility index (Phi) is 8.00. The topological polar surface area (TPSA) is 147 Å². The van der Waals surface area contributed by atoms with Crippen LogP contribution in [0.1, 0.15) is 45.1 Å². The lowest BCUT2D eigenvalue weighted by Crippen LogP contribution is -2.37. The maximum Gasteiger partial charge on any atom is 0.506 e. The van der Waals surface area contributed by atoms with Gasteiger partial charge in [0.05, 0.1) is 17.6 Å². The average Bonchev–Trinajstić information content (AvgIpc) is 3.50. The predicted octanol–water partition coefficient (Wildman–Crippen LogP) is 6.48. The number of anilines is 6. The molecule has 2 aromatic carbocycles. The zero-order valence-corrected chi connectivity index (χ0v) is 25.1. The zero-order valence-electron chi connectivity index (χ0n) is 24.4. The number of ether oxygens (including phenoxy) is 1. The van der Waals surface area contributed by atoms with Crippen LogP contribution in [0, 0.1) is 0 Å². The van der Waals surface area contributed by atoms with Crippen LogP contribution in [0.5, 0.6) is 0 Å². The van der Waals surface area contributed by atoms with Crippen molar-refractivity contribution in [3.8, 4) is 5.69 Å². The Morgan fingerprint density at radius 1 is 1.16 bits per heavy atom. The summed E-state index contributed by atoms with van der Waals surface area (Å²) in [4.78, 5) is 34.4. The molecule has 4 aromatic rings. The van der Waals surface area contributed by atoms with Crippen molar-refractivity contribution in [3.05, 3.63) is 71.6 Å². The molecule has 44 heavy (non-hydrogen) atoms. The van der Waals surface area contributed by atoms with Crippen molar-refractivity contribution >= 4 is 58.2 Å². The molecule has 1 fully saturated rings. The molecular formula is C31H33ClN8O4. The third kappa shape index (κ3) is 6.40. The molecule has 1 amide bonds. The van der Waals surface area contributed by atoms with Gasteiger partial charge < -0.3 is 30.7 Å². The highest BCUT2D eigenvalue weighted by Crippen LogP contribution is 2.39. The molecule has 2 aliphatic heterocycles. The minimum atomic E-state index is -1.24. The number of hydrogen-bond acceptors (Lipinski definition) is 9. The summed E-state index contributed by atoms with van der Waals surface area (Å²) in [6, 6.07) is 13.6. The normalized spacial score (nSPS) is 16.4. The molecule has 4 N–H and O–H groups in total. The van der Waals surface area contributed by atoms with E-state index in [0.29, 0.717) is 49.1 Å². The molecule has 0 atom stereocenters. The van der Waals surface area contributed by atoms with Crippen LogP contribution >= 0.6 is 11.6 Å². The molecule has 13 heteroatoms. The maximum atomic E-state index is 12.2. The van der Waals surface area contributed by atoms with Gasteiger partial charge in [0.15, 0.2) is 5.82 Å². The number of aromatic nitrogens is 4. The Morgan fingerprint density at radius 2 is 1.98 bits per heavy atom. The molecule has 0 radical (unpaired) electrons. The predicted molar refractivity (Wildman–Crippen MR) is 169 cm³/mol. The van der Waals surface area contributed by atoms with Gasteiger partial charge in [-0.05, 0) is 59.9 Å². The van der Waals surface area contributed by atoms with E-state index < -0.39 is 6.16 Å². The Hall–Kier alpha value is -4.84. The van der Waals surface area contributed by atoms with E-state index in [9.17, 15) is 9.59 Å². The highest BCUT2D eigenvalue weighted by Gasteiger charge is 2.29. The molecular weight excluding hydrogens is 584 g/mol. The number of hydrogen-bond donors (Lipinski definition) is 4. The molecule has 0 bridgehead atoms. The van der Waals surface area contributed by atoms with Gasteiger partial charge in [-0.1, -0.05) is 25.4 Å². The van der Waals surface area contributed by atoms with Crippen LogP contribution in [0.15, 0.2) is 61.1 Å². The first-order valence-corrected chi connectivity index (χ1v) is 14.8. The molecule has 0 saturated carbocycles. The Labute approximate surface area is 259 Å². The Bertz CT molecular complexity index is 1690. The van der Waals surface area contributed by atoms with Crippen LogP contribution in [0.25, 0.3) is 5.69 Å². The van der Waals surface area contributed by atoms with E-state index in [2.05, 4.69) is 49.8 Å². The van der Waals surface area contributed by atoms with Crippen LogP contribution in [0.3, 0.4) is 0 Å². The molecule has 4 heterocycles. The van der Waals surface area contributed by atoms with Crippen molar-refractivity contribution in [2.75, 3.05) is 33.9 Å². The second kappa shape index (κ2) is 12.0. The zero-order chi connectivity index (χ0) is 30.8. The average molecular weight is 617 g/mol. The minimum Gasteiger partial charge on any atom is -0.450 e. The number of carboxylic acid groups (broad SMARTS) is 1. The lowest BCUT2D eigenvalue weighted by Gasteiger charge is -2.33. The van der Waals surface area contributed by atoms with E-state index >= 15 is 0 Å². The first-order valence-electron chi connectivity index (χ1n) is 14.4. The van der Waals surface area contributed by atoms with Crippen molar-refractivity contribution in [2.45, 2.75) is 51.0 Å². The fourth-order valence-electron chi connectivity index (χ4n) is 5.63. The van der Waals surface area contributed by atoms with Gasteiger partial charge in [-0.2, -0.15) is 10.1 Å². The number of piperidine rings is 1. The molecule has 1 saturated heterocycles. The first-order chi connectivity index (χ1) is 21.1. The first kappa shape index (κ1) is 29.2. The summed E-state index contributed by atoms with van der Waals surface area (Å²) in [6.45, 7) is 5.61. The lowest BCUT2D eigenvalue weighted by atomic mass is 9.80. The van der Waals surface area contributed by atoms with E-state index in [-0.39, 0.29) is 17.4 Å². The van der Waals surface area contributed by atoms with Gasteiger partial charge in [-0.3, -0.25) is 4.79 Å². The monoisotopic (exact) mass is 616 g/mol. The minimum absolute atomic E-state index is 0.0201. The van der Waals surface area contributed by atoms with Gasteiger partial charge in [0.2, 0.25) is 11.9 Å². The summed E-state index contributed by atoms with van der Waals surface area (Å²) in [7, 11) is 0. The van der Waals surface area contributed by atoms with Crippen molar-refractivity contribution in [3.63, 3.8) is 0 Å². The molecule has 2 aromatic heterocycles. The van der Waals surface area contributed by atoms with Gasteiger partial charge >= 0.3 is 6.16 Å². The molecule has 6 rings (SSSR count). The summed E-state index contributed by atoms with van der Waals surface area (Å²) in [5.74, 6) is 0.794.